The van der Waals surface area contributed by atoms with E-state index in [9.17, 15) is 17.6 Å². The number of hydrogen-bond acceptors (Lipinski definition) is 1. The molecule has 1 atom stereocenters. The van der Waals surface area contributed by atoms with Gasteiger partial charge >= 0.3 is 6.18 Å². The minimum absolute atomic E-state index is 0.0891. The highest BCUT2D eigenvalue weighted by Gasteiger charge is 2.42. The van der Waals surface area contributed by atoms with Gasteiger partial charge in [0.2, 0.25) is 0 Å². The van der Waals surface area contributed by atoms with Crippen LogP contribution in [0.15, 0.2) is 18.2 Å². The number of hydrogen-bond donors (Lipinski definition) is 1. The van der Waals surface area contributed by atoms with E-state index in [-0.39, 0.29) is 30.6 Å². The Kier molecular flexibility index (Phi) is 4.91. The zero-order valence-electron chi connectivity index (χ0n) is 12.1. The van der Waals surface area contributed by atoms with Crippen molar-refractivity contribution in [3.63, 3.8) is 0 Å². The first-order valence-electron chi connectivity index (χ1n) is 7.34. The maximum Gasteiger partial charge on any atom is 0.391 e. The van der Waals surface area contributed by atoms with Gasteiger partial charge in [-0.25, -0.2) is 4.39 Å². The van der Waals surface area contributed by atoms with E-state index >= 15 is 0 Å². The second-order valence-electron chi connectivity index (χ2n) is 6.09. The minimum Gasteiger partial charge on any atom is -0.327 e. The summed E-state index contributed by atoms with van der Waals surface area (Å²) in [5.74, 6) is -1.40. The van der Waals surface area contributed by atoms with Gasteiger partial charge in [-0.3, -0.25) is 0 Å². The first-order valence-corrected chi connectivity index (χ1v) is 7.34. The summed E-state index contributed by atoms with van der Waals surface area (Å²) >= 11 is 0. The van der Waals surface area contributed by atoms with E-state index in [0.717, 1.165) is 11.1 Å². The van der Waals surface area contributed by atoms with E-state index < -0.39 is 12.1 Å². The van der Waals surface area contributed by atoms with Crippen molar-refractivity contribution in [3.8, 4) is 0 Å². The molecule has 1 aromatic carbocycles. The monoisotopic (exact) mass is 303 g/mol. The molecule has 2 rings (SSSR count). The largest absolute Gasteiger partial charge is 0.391 e. The quantitative estimate of drug-likeness (QED) is 0.824. The van der Waals surface area contributed by atoms with E-state index in [1.54, 1.807) is 6.07 Å². The number of halogens is 4. The van der Waals surface area contributed by atoms with Crippen LogP contribution in [0.3, 0.4) is 0 Å². The lowest BCUT2D eigenvalue weighted by Crippen LogP contribution is -2.37. The zero-order chi connectivity index (χ0) is 15.6. The predicted octanol–water partition coefficient (Wildman–Crippen LogP) is 4.37. The molecule has 1 unspecified atom stereocenters. The van der Waals surface area contributed by atoms with Gasteiger partial charge in [-0.15, -0.1) is 0 Å². The van der Waals surface area contributed by atoms with Crippen LogP contribution < -0.4 is 5.73 Å². The summed E-state index contributed by atoms with van der Waals surface area (Å²) in [6.07, 6.45) is -2.26. The normalized spacial score (nSPS) is 24.9. The van der Waals surface area contributed by atoms with Gasteiger partial charge in [0.05, 0.1) is 5.92 Å². The fraction of sp³-hybridized carbons (Fsp3) is 0.625. The molecule has 1 aromatic rings. The van der Waals surface area contributed by atoms with Crippen LogP contribution in [0.1, 0.15) is 36.8 Å². The molecule has 0 amide bonds. The molecule has 1 fully saturated rings. The molecule has 0 aromatic heterocycles. The molecule has 0 bridgehead atoms. The molecular weight excluding hydrogens is 282 g/mol. The molecule has 0 aliphatic heterocycles. The maximum absolute atomic E-state index is 13.3. The molecule has 1 saturated carbocycles. The van der Waals surface area contributed by atoms with Crippen LogP contribution in [0.4, 0.5) is 17.6 Å². The fourth-order valence-electron chi connectivity index (χ4n) is 3.16. The molecule has 1 aliphatic rings. The van der Waals surface area contributed by atoms with Crippen LogP contribution in [-0.4, -0.2) is 12.2 Å². The van der Waals surface area contributed by atoms with Gasteiger partial charge in [0.25, 0.3) is 0 Å². The Morgan fingerprint density at radius 3 is 2.38 bits per heavy atom. The molecule has 0 spiro atoms. The van der Waals surface area contributed by atoms with Gasteiger partial charge in [-0.1, -0.05) is 6.07 Å². The van der Waals surface area contributed by atoms with Gasteiger partial charge in [-0.05, 0) is 68.2 Å². The Hall–Kier alpha value is -1.10. The van der Waals surface area contributed by atoms with Gasteiger partial charge in [0.15, 0.2) is 0 Å². The topological polar surface area (TPSA) is 26.0 Å². The third kappa shape index (κ3) is 4.19. The second kappa shape index (κ2) is 6.34. The highest BCUT2D eigenvalue weighted by Crippen LogP contribution is 2.40. The zero-order valence-corrected chi connectivity index (χ0v) is 12.1. The van der Waals surface area contributed by atoms with Crippen LogP contribution >= 0.6 is 0 Å². The lowest BCUT2D eigenvalue weighted by molar-refractivity contribution is -0.184. The average Bonchev–Trinajstić information content (AvgIpc) is 2.42. The van der Waals surface area contributed by atoms with Gasteiger partial charge in [-0.2, -0.15) is 13.2 Å². The first kappa shape index (κ1) is 16.3. The molecule has 118 valence electrons. The van der Waals surface area contributed by atoms with Gasteiger partial charge < -0.3 is 5.73 Å². The van der Waals surface area contributed by atoms with Crippen molar-refractivity contribution in [1.82, 2.24) is 0 Å². The Balaban J connectivity index is 1.93. The highest BCUT2D eigenvalue weighted by atomic mass is 19.4. The van der Waals surface area contributed by atoms with Crippen LogP contribution in [0.5, 0.6) is 0 Å². The third-order valence-corrected chi connectivity index (χ3v) is 4.61. The van der Waals surface area contributed by atoms with E-state index in [1.807, 2.05) is 6.92 Å². The van der Waals surface area contributed by atoms with Crippen LogP contribution in [0.25, 0.3) is 0 Å². The molecule has 21 heavy (non-hydrogen) atoms. The fourth-order valence-corrected chi connectivity index (χ4v) is 3.16. The molecule has 5 heteroatoms. The Bertz CT molecular complexity index is 476. The summed E-state index contributed by atoms with van der Waals surface area (Å²) in [6.45, 7) is 1.89. The van der Waals surface area contributed by atoms with Gasteiger partial charge in [0.1, 0.15) is 5.82 Å². The summed E-state index contributed by atoms with van der Waals surface area (Å²) in [5, 5.41) is 0. The predicted molar refractivity (Wildman–Crippen MR) is 74.3 cm³/mol. The molecule has 0 radical (unpaired) electrons. The molecule has 1 nitrogen and oxygen atoms in total. The molecule has 0 saturated heterocycles. The van der Waals surface area contributed by atoms with Crippen molar-refractivity contribution in [3.05, 3.63) is 35.1 Å². The van der Waals surface area contributed by atoms with Crippen molar-refractivity contribution in [2.75, 3.05) is 0 Å². The standard InChI is InChI=1S/C16H21F4N/c1-10-2-7-14(17)8-12(10)9-15(21)11-3-5-13(6-4-11)16(18,19)20/h2,7-8,11,13,15H,3-6,9,21H2,1H3. The lowest BCUT2D eigenvalue weighted by Gasteiger charge is -2.33. The lowest BCUT2D eigenvalue weighted by atomic mass is 9.77. The molecule has 1 aliphatic carbocycles. The molecule has 0 heterocycles. The van der Waals surface area contributed by atoms with E-state index in [4.69, 9.17) is 5.73 Å². The summed E-state index contributed by atoms with van der Waals surface area (Å²) in [5.41, 5.74) is 7.97. The number of benzene rings is 1. The summed E-state index contributed by atoms with van der Waals surface area (Å²) in [4.78, 5) is 0. The summed E-state index contributed by atoms with van der Waals surface area (Å²) < 4.78 is 51.2. The number of nitrogens with two attached hydrogens (primary N) is 1. The third-order valence-electron chi connectivity index (χ3n) is 4.61. The summed E-state index contributed by atoms with van der Waals surface area (Å²) in [6, 6.07) is 4.37. The number of rotatable bonds is 3. The van der Waals surface area contributed by atoms with Crippen molar-refractivity contribution >= 4 is 0 Å². The first-order chi connectivity index (χ1) is 9.77. The van der Waals surface area contributed by atoms with E-state index in [0.29, 0.717) is 19.3 Å². The van der Waals surface area contributed by atoms with Crippen molar-refractivity contribution in [2.24, 2.45) is 17.6 Å². The maximum atomic E-state index is 13.3. The van der Waals surface area contributed by atoms with Gasteiger partial charge in [0, 0.05) is 6.04 Å². The van der Waals surface area contributed by atoms with Crippen LogP contribution in [0, 0.1) is 24.6 Å². The van der Waals surface area contributed by atoms with Crippen molar-refractivity contribution < 1.29 is 17.6 Å². The van der Waals surface area contributed by atoms with E-state index in [1.165, 1.54) is 12.1 Å². The Morgan fingerprint density at radius 2 is 1.81 bits per heavy atom. The van der Waals surface area contributed by atoms with Crippen LogP contribution in [0.2, 0.25) is 0 Å². The molecule has 2 N–H and O–H groups in total. The van der Waals surface area contributed by atoms with Crippen LogP contribution in [-0.2, 0) is 6.42 Å². The smallest absolute Gasteiger partial charge is 0.327 e. The Morgan fingerprint density at radius 1 is 1.19 bits per heavy atom. The van der Waals surface area contributed by atoms with E-state index in [2.05, 4.69) is 0 Å². The SMILES string of the molecule is Cc1ccc(F)cc1CC(N)C1CCC(C(F)(F)F)CC1. The van der Waals surface area contributed by atoms with Crippen molar-refractivity contribution in [1.29, 1.82) is 0 Å². The number of aryl methyl sites for hydroxylation is 1. The van der Waals surface area contributed by atoms with Crippen molar-refractivity contribution in [2.45, 2.75) is 51.2 Å². The highest BCUT2D eigenvalue weighted by molar-refractivity contribution is 5.27. The average molecular weight is 303 g/mol. The Labute approximate surface area is 122 Å². The minimum atomic E-state index is -4.09. The molecular formula is C16H21F4N. The number of alkyl halides is 3. The second-order valence-corrected chi connectivity index (χ2v) is 6.09. The summed E-state index contributed by atoms with van der Waals surface area (Å²) in [7, 11) is 0.